The molecule has 0 radical (unpaired) electrons. The van der Waals surface area contributed by atoms with Gasteiger partial charge >= 0.3 is 0 Å². The number of carbonyl (C=O) groups is 1. The smallest absolute Gasteiger partial charge is 0.124 e. The van der Waals surface area contributed by atoms with Crippen LogP contribution >= 0.6 is 11.6 Å². The molecule has 3 heteroatoms. The van der Waals surface area contributed by atoms with Crippen molar-refractivity contribution in [2.75, 3.05) is 0 Å². The van der Waals surface area contributed by atoms with E-state index in [0.29, 0.717) is 17.5 Å². The van der Waals surface area contributed by atoms with Crippen LogP contribution in [0, 0.1) is 0 Å². The predicted octanol–water partition coefficient (Wildman–Crippen LogP) is 3.62. The summed E-state index contributed by atoms with van der Waals surface area (Å²) in [6, 6.07) is 6.19. The van der Waals surface area contributed by atoms with Gasteiger partial charge < -0.3 is 9.36 Å². The molecule has 0 aliphatic carbocycles. The van der Waals surface area contributed by atoms with Gasteiger partial charge in [-0.15, -0.1) is 0 Å². The van der Waals surface area contributed by atoms with E-state index in [4.69, 9.17) is 11.6 Å². The first kappa shape index (κ1) is 11.2. The van der Waals surface area contributed by atoms with E-state index in [2.05, 4.69) is 18.4 Å². The lowest BCUT2D eigenvalue weighted by Crippen LogP contribution is -1.97. The van der Waals surface area contributed by atoms with Crippen LogP contribution in [0.25, 0.3) is 10.9 Å². The molecule has 0 aliphatic heterocycles. The van der Waals surface area contributed by atoms with Gasteiger partial charge in [-0.05, 0) is 37.6 Å². The Morgan fingerprint density at radius 1 is 1.44 bits per heavy atom. The van der Waals surface area contributed by atoms with E-state index >= 15 is 0 Å². The van der Waals surface area contributed by atoms with Crippen LogP contribution in [0.4, 0.5) is 0 Å². The maximum absolute atomic E-state index is 10.6. The number of hydrogen-bond donors (Lipinski definition) is 0. The molecule has 1 aromatic carbocycles. The Morgan fingerprint density at radius 3 is 2.81 bits per heavy atom. The second-order valence-corrected chi connectivity index (χ2v) is 4.62. The third-order valence-electron chi connectivity index (χ3n) is 2.74. The van der Waals surface area contributed by atoms with Gasteiger partial charge in [0.25, 0.3) is 0 Å². The third-order valence-corrected chi connectivity index (χ3v) is 2.97. The molecule has 2 nitrogen and oxygen atoms in total. The van der Waals surface area contributed by atoms with E-state index in [0.717, 1.165) is 22.8 Å². The van der Waals surface area contributed by atoms with E-state index in [1.165, 1.54) is 0 Å². The summed E-state index contributed by atoms with van der Waals surface area (Å²) in [5, 5.41) is 1.79. The molecule has 0 amide bonds. The molecule has 2 rings (SSSR count). The fraction of sp³-hybridized carbons (Fsp3) is 0.308. The van der Waals surface area contributed by atoms with Crippen molar-refractivity contribution in [1.29, 1.82) is 0 Å². The zero-order valence-electron chi connectivity index (χ0n) is 9.40. The summed E-state index contributed by atoms with van der Waals surface area (Å²) < 4.78 is 2.17. The largest absolute Gasteiger partial charge is 0.345 e. The van der Waals surface area contributed by atoms with Gasteiger partial charge in [0.2, 0.25) is 0 Å². The van der Waals surface area contributed by atoms with Gasteiger partial charge in [0.05, 0.1) is 0 Å². The van der Waals surface area contributed by atoms with E-state index in [9.17, 15) is 4.79 Å². The topological polar surface area (TPSA) is 22.0 Å². The summed E-state index contributed by atoms with van der Waals surface area (Å²) in [6.07, 6.45) is 3.41. The second kappa shape index (κ2) is 4.30. The number of halogens is 1. The Labute approximate surface area is 99.8 Å². The highest BCUT2D eigenvalue weighted by Gasteiger charge is 2.10. The van der Waals surface area contributed by atoms with Crippen LogP contribution in [0.2, 0.25) is 5.02 Å². The minimum absolute atomic E-state index is 0.379. The zero-order chi connectivity index (χ0) is 11.7. The molecule has 0 spiro atoms. The van der Waals surface area contributed by atoms with Crippen molar-refractivity contribution in [3.8, 4) is 0 Å². The molecule has 1 heterocycles. The van der Waals surface area contributed by atoms with E-state index < -0.39 is 0 Å². The molecule has 0 fully saturated rings. The summed E-state index contributed by atoms with van der Waals surface area (Å²) >= 11 is 5.98. The highest BCUT2D eigenvalue weighted by molar-refractivity contribution is 6.31. The van der Waals surface area contributed by atoms with Crippen LogP contribution in [0.3, 0.4) is 0 Å². The van der Waals surface area contributed by atoms with Crippen molar-refractivity contribution in [1.82, 2.24) is 4.57 Å². The van der Waals surface area contributed by atoms with Crippen LogP contribution in [-0.2, 0) is 11.2 Å². The van der Waals surface area contributed by atoms with Crippen LogP contribution < -0.4 is 0 Å². The number of benzene rings is 1. The first-order chi connectivity index (χ1) is 7.63. The van der Waals surface area contributed by atoms with Crippen LogP contribution in [0.15, 0.2) is 24.4 Å². The van der Waals surface area contributed by atoms with Crippen molar-refractivity contribution >= 4 is 28.8 Å². The van der Waals surface area contributed by atoms with Crippen molar-refractivity contribution in [3.63, 3.8) is 0 Å². The number of fused-ring (bicyclic) bond motifs is 1. The zero-order valence-corrected chi connectivity index (χ0v) is 10.2. The van der Waals surface area contributed by atoms with E-state index in [1.54, 1.807) is 0 Å². The molecule has 0 saturated carbocycles. The number of nitrogens with zero attached hydrogens (tertiary/aromatic N) is 1. The van der Waals surface area contributed by atoms with Gasteiger partial charge in [-0.1, -0.05) is 11.6 Å². The molecule has 2 aromatic rings. The average molecular weight is 236 g/mol. The molecule has 0 unspecified atom stereocenters. The minimum Gasteiger partial charge on any atom is -0.345 e. The maximum Gasteiger partial charge on any atom is 0.124 e. The first-order valence-corrected chi connectivity index (χ1v) is 5.74. The van der Waals surface area contributed by atoms with Gasteiger partial charge in [-0.2, -0.15) is 0 Å². The van der Waals surface area contributed by atoms with Crippen LogP contribution in [0.1, 0.15) is 25.5 Å². The minimum atomic E-state index is 0.379. The summed E-state index contributed by atoms with van der Waals surface area (Å²) in [6.45, 7) is 4.25. The standard InChI is InChI=1S/C13H14ClNO/c1-9(2)15-8-10(5-6-16)12-7-11(14)3-4-13(12)15/h3-4,6-9H,5H2,1-2H3. The molecular formula is C13H14ClNO. The van der Waals surface area contributed by atoms with Crippen molar-refractivity contribution < 1.29 is 4.79 Å². The van der Waals surface area contributed by atoms with Crippen molar-refractivity contribution in [2.45, 2.75) is 26.3 Å². The first-order valence-electron chi connectivity index (χ1n) is 5.36. The maximum atomic E-state index is 10.6. The van der Waals surface area contributed by atoms with Gasteiger partial charge in [0.1, 0.15) is 6.29 Å². The van der Waals surface area contributed by atoms with Gasteiger partial charge in [-0.25, -0.2) is 0 Å². The lowest BCUT2D eigenvalue weighted by atomic mass is 10.1. The van der Waals surface area contributed by atoms with Crippen molar-refractivity contribution in [2.24, 2.45) is 0 Å². The number of rotatable bonds is 3. The summed E-state index contributed by atoms with van der Waals surface area (Å²) in [7, 11) is 0. The molecule has 84 valence electrons. The Balaban J connectivity index is 2.70. The lowest BCUT2D eigenvalue weighted by Gasteiger charge is -2.08. The predicted molar refractivity (Wildman–Crippen MR) is 67.1 cm³/mol. The Morgan fingerprint density at radius 2 is 2.19 bits per heavy atom. The van der Waals surface area contributed by atoms with Crippen LogP contribution in [0.5, 0.6) is 0 Å². The molecule has 0 aliphatic rings. The lowest BCUT2D eigenvalue weighted by molar-refractivity contribution is -0.107. The molecule has 16 heavy (non-hydrogen) atoms. The Kier molecular flexibility index (Phi) is 3.01. The molecule has 0 bridgehead atoms. The number of hydrogen-bond acceptors (Lipinski definition) is 1. The highest BCUT2D eigenvalue weighted by Crippen LogP contribution is 2.27. The molecule has 0 saturated heterocycles. The number of aldehydes is 1. The van der Waals surface area contributed by atoms with E-state index in [1.807, 2.05) is 24.4 Å². The fourth-order valence-corrected chi connectivity index (χ4v) is 2.15. The summed E-state index contributed by atoms with van der Waals surface area (Å²) in [5.74, 6) is 0. The normalized spacial score (nSPS) is 11.2. The summed E-state index contributed by atoms with van der Waals surface area (Å²) in [5.41, 5.74) is 2.18. The van der Waals surface area contributed by atoms with Gasteiger partial charge in [-0.3, -0.25) is 0 Å². The highest BCUT2D eigenvalue weighted by atomic mass is 35.5. The fourth-order valence-electron chi connectivity index (χ4n) is 1.98. The third kappa shape index (κ3) is 1.85. The molecule has 0 N–H and O–H groups in total. The van der Waals surface area contributed by atoms with Crippen LogP contribution in [-0.4, -0.2) is 10.9 Å². The molecular weight excluding hydrogens is 222 g/mol. The van der Waals surface area contributed by atoms with E-state index in [-0.39, 0.29) is 0 Å². The second-order valence-electron chi connectivity index (χ2n) is 4.19. The molecule has 0 atom stereocenters. The SMILES string of the molecule is CC(C)n1cc(CC=O)c2cc(Cl)ccc21. The Hall–Kier alpha value is -1.28. The number of carbonyl (C=O) groups excluding carboxylic acids is 1. The van der Waals surface area contributed by atoms with Gasteiger partial charge in [0.15, 0.2) is 0 Å². The average Bonchev–Trinajstić information content (AvgIpc) is 2.58. The number of aromatic nitrogens is 1. The monoisotopic (exact) mass is 235 g/mol. The quantitative estimate of drug-likeness (QED) is 0.745. The summed E-state index contributed by atoms with van der Waals surface area (Å²) in [4.78, 5) is 10.6. The van der Waals surface area contributed by atoms with Gasteiger partial charge in [0, 0.05) is 34.6 Å². The molecule has 1 aromatic heterocycles. The Bertz CT molecular complexity index is 528. The van der Waals surface area contributed by atoms with Crippen molar-refractivity contribution in [3.05, 3.63) is 35.0 Å².